The van der Waals surface area contributed by atoms with Crippen LogP contribution in [-0.4, -0.2) is 52.3 Å². The number of aromatic nitrogens is 3. The molecular weight excluding hydrogens is 324 g/mol. The second kappa shape index (κ2) is 7.97. The lowest BCUT2D eigenvalue weighted by molar-refractivity contribution is 0.309. The topological polar surface area (TPSA) is 58.3 Å². The van der Waals surface area contributed by atoms with E-state index in [0.29, 0.717) is 5.41 Å². The van der Waals surface area contributed by atoms with Gasteiger partial charge in [0.2, 0.25) is 0 Å². The predicted octanol–water partition coefficient (Wildman–Crippen LogP) is 2.78. The molecule has 1 aromatic heterocycles. The van der Waals surface area contributed by atoms with Gasteiger partial charge in [-0.1, -0.05) is 19.3 Å². The van der Waals surface area contributed by atoms with E-state index < -0.39 is 0 Å². The maximum Gasteiger partial charge on any atom is 0.193 e. The van der Waals surface area contributed by atoms with Crippen LogP contribution < -0.4 is 5.32 Å². The summed E-state index contributed by atoms with van der Waals surface area (Å²) < 4.78 is 2.37. The van der Waals surface area contributed by atoms with Crippen molar-refractivity contribution in [3.8, 4) is 0 Å². The third-order valence-electron chi connectivity index (χ3n) is 6.66. The second-order valence-corrected chi connectivity index (χ2v) is 8.45. The lowest BCUT2D eigenvalue weighted by atomic mass is 9.86. The number of hydrogen-bond donors (Lipinski definition) is 1. The molecule has 1 spiro atoms. The van der Waals surface area contributed by atoms with E-state index in [1.54, 1.807) is 0 Å². The van der Waals surface area contributed by atoms with Crippen molar-refractivity contribution in [2.75, 3.05) is 26.7 Å². The van der Waals surface area contributed by atoms with Gasteiger partial charge in [0, 0.05) is 46.1 Å². The van der Waals surface area contributed by atoms with E-state index in [-0.39, 0.29) is 0 Å². The molecule has 26 heavy (non-hydrogen) atoms. The average Bonchev–Trinajstić information content (AvgIpc) is 3.34. The normalized spacial score (nSPS) is 22.7. The Bertz CT molecular complexity index is 628. The maximum atomic E-state index is 4.54. The lowest BCUT2D eigenvalue weighted by Crippen LogP contribution is -2.41. The van der Waals surface area contributed by atoms with Crippen LogP contribution in [0.5, 0.6) is 0 Å². The Labute approximate surface area is 157 Å². The van der Waals surface area contributed by atoms with Gasteiger partial charge in [-0.3, -0.25) is 4.99 Å². The summed E-state index contributed by atoms with van der Waals surface area (Å²) in [6.45, 7) is 4.42. The number of aliphatic imine (C=N–C) groups is 1. The summed E-state index contributed by atoms with van der Waals surface area (Å²) in [4.78, 5) is 7.02. The fourth-order valence-electron chi connectivity index (χ4n) is 5.16. The van der Waals surface area contributed by atoms with Gasteiger partial charge in [0.25, 0.3) is 0 Å². The Balaban J connectivity index is 1.25. The zero-order valence-corrected chi connectivity index (χ0v) is 16.3. The van der Waals surface area contributed by atoms with E-state index >= 15 is 0 Å². The van der Waals surface area contributed by atoms with Gasteiger partial charge in [-0.2, -0.15) is 0 Å². The van der Waals surface area contributed by atoms with Crippen molar-refractivity contribution in [2.24, 2.45) is 10.4 Å². The van der Waals surface area contributed by atoms with Crippen molar-refractivity contribution in [3.63, 3.8) is 0 Å². The molecular formula is C20H34N6. The van der Waals surface area contributed by atoms with Crippen molar-refractivity contribution < 1.29 is 0 Å². The van der Waals surface area contributed by atoms with E-state index in [1.807, 2.05) is 7.05 Å². The molecule has 0 radical (unpaired) electrons. The molecule has 1 saturated carbocycles. The van der Waals surface area contributed by atoms with Crippen molar-refractivity contribution in [1.82, 2.24) is 25.0 Å². The van der Waals surface area contributed by atoms with Gasteiger partial charge >= 0.3 is 0 Å². The van der Waals surface area contributed by atoms with E-state index in [0.717, 1.165) is 44.9 Å². The molecule has 1 aliphatic carbocycles. The number of rotatable bonds is 4. The fourth-order valence-corrected chi connectivity index (χ4v) is 5.16. The fraction of sp³-hybridized carbons (Fsp3) is 0.850. The molecule has 144 valence electrons. The highest BCUT2D eigenvalue weighted by molar-refractivity contribution is 5.80. The average molecular weight is 359 g/mol. The minimum absolute atomic E-state index is 0.594. The summed E-state index contributed by atoms with van der Waals surface area (Å²) in [7, 11) is 1.92. The van der Waals surface area contributed by atoms with E-state index in [9.17, 15) is 0 Å². The van der Waals surface area contributed by atoms with Gasteiger partial charge in [0.15, 0.2) is 5.96 Å². The summed E-state index contributed by atoms with van der Waals surface area (Å²) in [5.74, 6) is 3.46. The van der Waals surface area contributed by atoms with E-state index in [1.165, 1.54) is 69.6 Å². The Morgan fingerprint density at radius 1 is 1.08 bits per heavy atom. The molecule has 2 fully saturated rings. The Hall–Kier alpha value is -1.59. The maximum absolute atomic E-state index is 4.54. The van der Waals surface area contributed by atoms with Crippen molar-refractivity contribution >= 4 is 5.96 Å². The Kier molecular flexibility index (Phi) is 5.46. The van der Waals surface area contributed by atoms with Crippen LogP contribution in [0.1, 0.15) is 69.4 Å². The first-order valence-electron chi connectivity index (χ1n) is 10.7. The minimum atomic E-state index is 0.594. The molecule has 0 bridgehead atoms. The quantitative estimate of drug-likeness (QED) is 0.511. The zero-order chi connectivity index (χ0) is 17.8. The second-order valence-electron chi connectivity index (χ2n) is 8.45. The van der Waals surface area contributed by atoms with Crippen LogP contribution in [0.4, 0.5) is 0 Å². The third-order valence-corrected chi connectivity index (χ3v) is 6.66. The van der Waals surface area contributed by atoms with Crippen molar-refractivity contribution in [1.29, 1.82) is 0 Å². The lowest BCUT2D eigenvalue weighted by Gasteiger charge is -2.25. The number of likely N-dealkylation sites (tertiary alicyclic amines) is 1. The van der Waals surface area contributed by atoms with Crippen LogP contribution in [0.25, 0.3) is 0 Å². The minimum Gasteiger partial charge on any atom is -0.356 e. The zero-order valence-electron chi connectivity index (χ0n) is 16.3. The van der Waals surface area contributed by atoms with Gasteiger partial charge in [-0.05, 0) is 43.9 Å². The monoisotopic (exact) mass is 358 g/mol. The smallest absolute Gasteiger partial charge is 0.193 e. The van der Waals surface area contributed by atoms with Crippen molar-refractivity contribution in [2.45, 2.75) is 77.2 Å². The van der Waals surface area contributed by atoms with E-state index in [4.69, 9.17) is 0 Å². The number of aryl methyl sites for hydroxylation is 2. The largest absolute Gasteiger partial charge is 0.356 e. The van der Waals surface area contributed by atoms with Crippen LogP contribution in [-0.2, 0) is 19.4 Å². The third kappa shape index (κ3) is 3.74. The Morgan fingerprint density at radius 3 is 2.81 bits per heavy atom. The van der Waals surface area contributed by atoms with Crippen LogP contribution in [0.2, 0.25) is 0 Å². The highest BCUT2D eigenvalue weighted by Crippen LogP contribution is 2.45. The number of guanidine groups is 1. The van der Waals surface area contributed by atoms with Gasteiger partial charge < -0.3 is 14.8 Å². The van der Waals surface area contributed by atoms with Gasteiger partial charge in [-0.25, -0.2) is 0 Å². The molecule has 1 saturated heterocycles. The molecule has 6 nitrogen and oxygen atoms in total. The summed E-state index contributed by atoms with van der Waals surface area (Å²) in [6.07, 6.45) is 14.0. The highest BCUT2D eigenvalue weighted by atomic mass is 15.3. The number of fused-ring (bicyclic) bond motifs is 1. The van der Waals surface area contributed by atoms with Gasteiger partial charge in [0.1, 0.15) is 11.6 Å². The summed E-state index contributed by atoms with van der Waals surface area (Å²) in [5.41, 5.74) is 0.594. The van der Waals surface area contributed by atoms with Crippen LogP contribution in [0.15, 0.2) is 4.99 Å². The van der Waals surface area contributed by atoms with Crippen LogP contribution in [0.3, 0.4) is 0 Å². The molecule has 0 atom stereocenters. The van der Waals surface area contributed by atoms with Crippen molar-refractivity contribution in [3.05, 3.63) is 11.6 Å². The molecule has 2 aliphatic heterocycles. The predicted molar refractivity (Wildman–Crippen MR) is 104 cm³/mol. The molecule has 0 amide bonds. The first-order chi connectivity index (χ1) is 12.8. The standard InChI is InChI=1S/C20H34N6/c1-21-19(25-15-12-20(16-25)10-4-5-11-20)22-13-7-9-18-24-23-17-8-3-2-6-14-26(17)18/h2-16H2,1H3,(H,21,22). The molecule has 3 heterocycles. The number of nitrogens with zero attached hydrogens (tertiary/aromatic N) is 5. The summed E-state index contributed by atoms with van der Waals surface area (Å²) in [5, 5.41) is 12.4. The molecule has 0 unspecified atom stereocenters. The summed E-state index contributed by atoms with van der Waals surface area (Å²) in [6, 6.07) is 0. The Morgan fingerprint density at radius 2 is 1.96 bits per heavy atom. The van der Waals surface area contributed by atoms with E-state index in [2.05, 4.69) is 30.0 Å². The summed E-state index contributed by atoms with van der Waals surface area (Å²) >= 11 is 0. The highest BCUT2D eigenvalue weighted by Gasteiger charge is 2.41. The molecule has 1 aromatic rings. The molecule has 3 aliphatic rings. The molecule has 1 N–H and O–H groups in total. The van der Waals surface area contributed by atoms with Crippen LogP contribution in [0, 0.1) is 5.41 Å². The number of nitrogens with one attached hydrogen (secondary N) is 1. The van der Waals surface area contributed by atoms with Gasteiger partial charge in [-0.15, -0.1) is 10.2 Å². The number of hydrogen-bond acceptors (Lipinski definition) is 3. The SMILES string of the molecule is CN=C(NCCCc1nnc2n1CCCCC2)N1CCC2(CCCC2)C1. The molecule has 0 aromatic carbocycles. The van der Waals surface area contributed by atoms with Gasteiger partial charge in [0.05, 0.1) is 0 Å². The molecule has 6 heteroatoms. The van der Waals surface area contributed by atoms with Crippen LogP contribution >= 0.6 is 0 Å². The molecule has 4 rings (SSSR count). The first kappa shape index (κ1) is 17.8. The first-order valence-corrected chi connectivity index (χ1v) is 10.7.